The van der Waals surface area contributed by atoms with Crippen LogP contribution in [0.2, 0.25) is 0 Å². The first kappa shape index (κ1) is 19.7. The first-order chi connectivity index (χ1) is 12.6. The van der Waals surface area contributed by atoms with Gasteiger partial charge in [-0.2, -0.15) is 0 Å². The van der Waals surface area contributed by atoms with Crippen molar-refractivity contribution in [2.24, 2.45) is 0 Å². The van der Waals surface area contributed by atoms with Gasteiger partial charge in [0.2, 0.25) is 15.9 Å². The highest BCUT2D eigenvalue weighted by Gasteiger charge is 2.07. The molecule has 0 aromatic heterocycles. The van der Waals surface area contributed by atoms with Gasteiger partial charge in [0.25, 0.3) is 0 Å². The smallest absolute Gasteiger partial charge is 0.233 e. The molecule has 0 aliphatic heterocycles. The predicted molar refractivity (Wildman–Crippen MR) is 102 cm³/mol. The molecule has 0 saturated carbocycles. The fraction of sp³-hybridized carbons (Fsp3) is 0.211. The van der Waals surface area contributed by atoms with E-state index < -0.39 is 10.0 Å². The number of ether oxygens (including phenoxy) is 1. The number of carbonyl (C=O) groups is 1. The molecule has 0 unspecified atom stereocenters. The standard InChI is InChI=1S/C19H22N2O4S/c22-19(20-14-15-25-18-9-5-2-6-10-18)11-13-21-26(23,24)16-12-17-7-3-1-4-8-17/h1-10,12,16,21H,11,13-15H2,(H,20,22)/b16-12+. The number of benzene rings is 2. The lowest BCUT2D eigenvalue weighted by Crippen LogP contribution is -2.32. The molecule has 0 aliphatic carbocycles. The molecule has 0 spiro atoms. The van der Waals surface area contributed by atoms with Crippen LogP contribution < -0.4 is 14.8 Å². The van der Waals surface area contributed by atoms with Crippen molar-refractivity contribution in [2.45, 2.75) is 6.42 Å². The van der Waals surface area contributed by atoms with E-state index in [1.54, 1.807) is 12.1 Å². The van der Waals surface area contributed by atoms with Crippen molar-refractivity contribution < 1.29 is 17.9 Å². The van der Waals surface area contributed by atoms with Crippen LogP contribution in [0.3, 0.4) is 0 Å². The van der Waals surface area contributed by atoms with E-state index in [2.05, 4.69) is 10.0 Å². The van der Waals surface area contributed by atoms with E-state index in [9.17, 15) is 13.2 Å². The Kier molecular flexibility index (Phi) is 7.85. The van der Waals surface area contributed by atoms with Crippen LogP contribution in [-0.2, 0) is 14.8 Å². The SMILES string of the molecule is O=C(CCNS(=O)(=O)/C=C/c1ccccc1)NCCOc1ccccc1. The fourth-order valence-electron chi connectivity index (χ4n) is 2.05. The van der Waals surface area contributed by atoms with Crippen LogP contribution in [0.1, 0.15) is 12.0 Å². The molecule has 0 radical (unpaired) electrons. The van der Waals surface area contributed by atoms with Gasteiger partial charge in [0, 0.05) is 18.4 Å². The van der Waals surface area contributed by atoms with Crippen LogP contribution in [0.4, 0.5) is 0 Å². The summed E-state index contributed by atoms with van der Waals surface area (Å²) in [6, 6.07) is 18.4. The maximum atomic E-state index is 11.9. The zero-order chi connectivity index (χ0) is 18.7. The molecule has 1 amide bonds. The summed E-state index contributed by atoms with van der Waals surface area (Å²) in [6.45, 7) is 0.739. The monoisotopic (exact) mass is 374 g/mol. The first-order valence-corrected chi connectivity index (χ1v) is 9.77. The van der Waals surface area contributed by atoms with Crippen LogP contribution >= 0.6 is 0 Å². The first-order valence-electron chi connectivity index (χ1n) is 8.22. The molecule has 0 heterocycles. The van der Waals surface area contributed by atoms with Gasteiger partial charge < -0.3 is 10.1 Å². The number of nitrogens with one attached hydrogen (secondary N) is 2. The summed E-state index contributed by atoms with van der Waals surface area (Å²) >= 11 is 0. The minimum Gasteiger partial charge on any atom is -0.492 e. The second-order valence-electron chi connectivity index (χ2n) is 5.41. The molecule has 0 atom stereocenters. The van der Waals surface area contributed by atoms with Crippen LogP contribution in [0.5, 0.6) is 5.75 Å². The topological polar surface area (TPSA) is 84.5 Å². The van der Waals surface area contributed by atoms with E-state index in [-0.39, 0.29) is 18.9 Å². The normalized spacial score (nSPS) is 11.4. The summed E-state index contributed by atoms with van der Waals surface area (Å²) in [5.41, 5.74) is 0.786. The van der Waals surface area contributed by atoms with Gasteiger partial charge in [-0.1, -0.05) is 48.5 Å². The van der Waals surface area contributed by atoms with E-state index in [4.69, 9.17) is 4.74 Å². The van der Waals surface area contributed by atoms with Crippen molar-refractivity contribution in [3.05, 3.63) is 71.6 Å². The van der Waals surface area contributed by atoms with E-state index >= 15 is 0 Å². The van der Waals surface area contributed by atoms with Crippen LogP contribution in [0.25, 0.3) is 6.08 Å². The van der Waals surface area contributed by atoms with Crippen molar-refractivity contribution in [3.8, 4) is 5.75 Å². The number of carbonyl (C=O) groups excluding carboxylic acids is 1. The maximum Gasteiger partial charge on any atom is 0.233 e. The second-order valence-corrected chi connectivity index (χ2v) is 7.07. The average Bonchev–Trinajstić information content (AvgIpc) is 2.65. The molecular weight excluding hydrogens is 352 g/mol. The predicted octanol–water partition coefficient (Wildman–Crippen LogP) is 2.16. The lowest BCUT2D eigenvalue weighted by molar-refractivity contribution is -0.121. The Morgan fingerprint density at radius 3 is 2.31 bits per heavy atom. The summed E-state index contributed by atoms with van der Waals surface area (Å²) in [4.78, 5) is 11.7. The van der Waals surface area contributed by atoms with E-state index in [1.807, 2.05) is 48.5 Å². The molecule has 2 aromatic rings. The zero-order valence-corrected chi connectivity index (χ0v) is 15.1. The summed E-state index contributed by atoms with van der Waals surface area (Å²) in [5, 5.41) is 3.77. The Balaban J connectivity index is 1.62. The number of hydrogen-bond acceptors (Lipinski definition) is 4. The van der Waals surface area contributed by atoms with Gasteiger partial charge in [0.15, 0.2) is 0 Å². The minimum atomic E-state index is -3.57. The molecule has 6 nitrogen and oxygen atoms in total. The molecule has 0 saturated heterocycles. The molecule has 2 aromatic carbocycles. The highest BCUT2D eigenvalue weighted by molar-refractivity contribution is 7.92. The minimum absolute atomic E-state index is 0.0346. The Morgan fingerprint density at radius 2 is 1.62 bits per heavy atom. The van der Waals surface area contributed by atoms with Crippen molar-refractivity contribution in [1.82, 2.24) is 10.0 Å². The number of rotatable bonds is 10. The van der Waals surface area contributed by atoms with Gasteiger partial charge in [-0.15, -0.1) is 0 Å². The second kappa shape index (κ2) is 10.4. The molecule has 0 aliphatic rings. The van der Waals surface area contributed by atoms with Crippen molar-refractivity contribution in [2.75, 3.05) is 19.7 Å². The highest BCUT2D eigenvalue weighted by atomic mass is 32.2. The molecule has 26 heavy (non-hydrogen) atoms. The van der Waals surface area contributed by atoms with Gasteiger partial charge in [-0.05, 0) is 23.8 Å². The molecule has 7 heteroatoms. The maximum absolute atomic E-state index is 11.9. The molecule has 2 N–H and O–H groups in total. The highest BCUT2D eigenvalue weighted by Crippen LogP contribution is 2.07. The third-order valence-electron chi connectivity index (χ3n) is 3.33. The van der Waals surface area contributed by atoms with Crippen molar-refractivity contribution >= 4 is 22.0 Å². The Labute approximate surface area is 153 Å². The van der Waals surface area contributed by atoms with Crippen LogP contribution in [0, 0.1) is 0 Å². The van der Waals surface area contributed by atoms with Gasteiger partial charge >= 0.3 is 0 Å². The Bertz CT molecular complexity index is 806. The molecular formula is C19H22N2O4S. The third kappa shape index (κ3) is 7.96. The molecule has 0 fully saturated rings. The molecule has 0 bridgehead atoms. The number of para-hydroxylation sites is 1. The molecule has 2 rings (SSSR count). The summed E-state index contributed by atoms with van der Waals surface area (Å²) < 4.78 is 31.5. The van der Waals surface area contributed by atoms with Crippen molar-refractivity contribution in [3.63, 3.8) is 0 Å². The van der Waals surface area contributed by atoms with Gasteiger partial charge in [0.05, 0.1) is 6.54 Å². The Hall–Kier alpha value is -2.64. The van der Waals surface area contributed by atoms with Crippen LogP contribution in [0.15, 0.2) is 66.1 Å². The Morgan fingerprint density at radius 1 is 0.962 bits per heavy atom. The summed E-state index contributed by atoms with van der Waals surface area (Å²) in [5.74, 6) is 0.496. The summed E-state index contributed by atoms with van der Waals surface area (Å²) in [6.07, 6.45) is 1.56. The quantitative estimate of drug-likeness (QED) is 0.624. The molecule has 138 valence electrons. The van der Waals surface area contributed by atoms with Crippen molar-refractivity contribution in [1.29, 1.82) is 0 Å². The number of sulfonamides is 1. The van der Waals surface area contributed by atoms with Gasteiger partial charge in [-0.3, -0.25) is 4.79 Å². The van der Waals surface area contributed by atoms with Gasteiger partial charge in [-0.25, -0.2) is 13.1 Å². The lowest BCUT2D eigenvalue weighted by Gasteiger charge is -2.08. The zero-order valence-electron chi connectivity index (χ0n) is 14.3. The van der Waals surface area contributed by atoms with E-state index in [0.717, 1.165) is 16.7 Å². The van der Waals surface area contributed by atoms with E-state index in [0.29, 0.717) is 13.2 Å². The average molecular weight is 374 g/mol. The number of hydrogen-bond donors (Lipinski definition) is 2. The lowest BCUT2D eigenvalue weighted by atomic mass is 10.2. The fourth-order valence-corrected chi connectivity index (χ4v) is 2.87. The van der Waals surface area contributed by atoms with E-state index in [1.165, 1.54) is 6.08 Å². The number of amides is 1. The van der Waals surface area contributed by atoms with Gasteiger partial charge in [0.1, 0.15) is 12.4 Å². The third-order valence-corrected chi connectivity index (χ3v) is 4.43. The largest absolute Gasteiger partial charge is 0.492 e. The summed E-state index contributed by atoms with van der Waals surface area (Å²) in [7, 11) is -3.57. The van der Waals surface area contributed by atoms with Crippen LogP contribution in [-0.4, -0.2) is 34.0 Å².